The molecule has 0 saturated carbocycles. The predicted molar refractivity (Wildman–Crippen MR) is 76.0 cm³/mol. The minimum Gasteiger partial charge on any atom is -0.326 e. The van der Waals surface area contributed by atoms with Crippen molar-refractivity contribution in [2.75, 3.05) is 11.5 Å². The van der Waals surface area contributed by atoms with Gasteiger partial charge in [-0.2, -0.15) is 0 Å². The molecule has 7 heteroatoms. The van der Waals surface area contributed by atoms with Crippen molar-refractivity contribution in [2.45, 2.75) is 25.8 Å². The molecule has 2 aromatic rings. The van der Waals surface area contributed by atoms with E-state index in [1.54, 1.807) is 0 Å². The fourth-order valence-electron chi connectivity index (χ4n) is 2.79. The van der Waals surface area contributed by atoms with Crippen LogP contribution in [0, 0.1) is 5.92 Å². The Morgan fingerprint density at radius 2 is 2.25 bits per heavy atom. The number of fused-ring (bicyclic) bond motifs is 1. The van der Waals surface area contributed by atoms with E-state index in [0.717, 1.165) is 29.9 Å². The second kappa shape index (κ2) is 5.14. The molecular formula is C13H18N4O2S. The molecule has 0 bridgehead atoms. The van der Waals surface area contributed by atoms with E-state index in [0.29, 0.717) is 18.7 Å². The van der Waals surface area contributed by atoms with E-state index >= 15 is 0 Å². The number of nitrogens with two attached hydrogens (primary N) is 1. The van der Waals surface area contributed by atoms with Crippen molar-refractivity contribution < 1.29 is 8.42 Å². The minimum atomic E-state index is -2.87. The first-order chi connectivity index (χ1) is 9.57. The highest BCUT2D eigenvalue weighted by atomic mass is 32.2. The quantitative estimate of drug-likeness (QED) is 0.893. The van der Waals surface area contributed by atoms with E-state index in [4.69, 9.17) is 5.73 Å². The van der Waals surface area contributed by atoms with Gasteiger partial charge in [-0.15, -0.1) is 10.2 Å². The molecule has 2 aromatic heterocycles. The topological polar surface area (TPSA) is 90.3 Å². The van der Waals surface area contributed by atoms with Gasteiger partial charge in [0.2, 0.25) is 0 Å². The first-order valence-electron chi connectivity index (χ1n) is 6.80. The molecule has 0 aromatic carbocycles. The van der Waals surface area contributed by atoms with Crippen molar-refractivity contribution in [1.82, 2.24) is 14.6 Å². The van der Waals surface area contributed by atoms with Gasteiger partial charge >= 0.3 is 0 Å². The number of hydrogen-bond acceptors (Lipinski definition) is 5. The summed E-state index contributed by atoms with van der Waals surface area (Å²) in [7, 11) is -2.87. The summed E-state index contributed by atoms with van der Waals surface area (Å²) in [4.78, 5) is 0. The van der Waals surface area contributed by atoms with Crippen LogP contribution in [0.2, 0.25) is 0 Å². The molecule has 0 aliphatic carbocycles. The zero-order chi connectivity index (χ0) is 14.2. The Bertz CT molecular complexity index is 723. The maximum absolute atomic E-state index is 11.7. The normalized spacial score (nSPS) is 22.1. The Morgan fingerprint density at radius 3 is 3.00 bits per heavy atom. The fourth-order valence-corrected chi connectivity index (χ4v) is 4.56. The van der Waals surface area contributed by atoms with E-state index in [9.17, 15) is 8.42 Å². The van der Waals surface area contributed by atoms with Crippen LogP contribution in [0.4, 0.5) is 0 Å². The molecular weight excluding hydrogens is 276 g/mol. The zero-order valence-corrected chi connectivity index (χ0v) is 12.0. The summed E-state index contributed by atoms with van der Waals surface area (Å²) in [6, 6.07) is 3.85. The first-order valence-corrected chi connectivity index (χ1v) is 8.62. The van der Waals surface area contributed by atoms with Crippen molar-refractivity contribution >= 4 is 15.5 Å². The van der Waals surface area contributed by atoms with Crippen LogP contribution in [-0.4, -0.2) is 34.5 Å². The van der Waals surface area contributed by atoms with Crippen LogP contribution in [0.25, 0.3) is 5.65 Å². The average molecular weight is 294 g/mol. The molecule has 108 valence electrons. The molecule has 1 aliphatic rings. The number of hydrogen-bond donors (Lipinski definition) is 1. The summed E-state index contributed by atoms with van der Waals surface area (Å²) in [6.07, 6.45) is 4.25. The molecule has 0 radical (unpaired) electrons. The summed E-state index contributed by atoms with van der Waals surface area (Å²) in [6.45, 7) is 0.472. The van der Waals surface area contributed by atoms with Gasteiger partial charge in [0, 0.05) is 19.2 Å². The summed E-state index contributed by atoms with van der Waals surface area (Å²) in [5.41, 5.74) is 7.38. The van der Waals surface area contributed by atoms with Crippen LogP contribution < -0.4 is 5.73 Å². The van der Waals surface area contributed by atoms with E-state index in [2.05, 4.69) is 10.2 Å². The van der Waals surface area contributed by atoms with E-state index in [-0.39, 0.29) is 11.7 Å². The molecule has 1 unspecified atom stereocenters. The van der Waals surface area contributed by atoms with Gasteiger partial charge in [0.25, 0.3) is 0 Å². The average Bonchev–Trinajstić information content (AvgIpc) is 2.80. The molecule has 1 saturated heterocycles. The smallest absolute Gasteiger partial charge is 0.161 e. The molecule has 3 heterocycles. The van der Waals surface area contributed by atoms with Crippen molar-refractivity contribution in [2.24, 2.45) is 11.7 Å². The molecule has 6 nitrogen and oxygen atoms in total. The Morgan fingerprint density at radius 1 is 1.40 bits per heavy atom. The van der Waals surface area contributed by atoms with E-state index < -0.39 is 9.84 Å². The first kappa shape index (κ1) is 13.5. The van der Waals surface area contributed by atoms with Crippen LogP contribution >= 0.6 is 0 Å². The molecule has 0 spiro atoms. The number of aromatic nitrogens is 3. The highest BCUT2D eigenvalue weighted by molar-refractivity contribution is 7.91. The maximum atomic E-state index is 11.7. The Balaban J connectivity index is 1.84. The lowest BCUT2D eigenvalue weighted by molar-refractivity contribution is 0.474. The van der Waals surface area contributed by atoms with Crippen LogP contribution in [-0.2, 0) is 22.8 Å². The van der Waals surface area contributed by atoms with E-state index in [1.165, 1.54) is 0 Å². The van der Waals surface area contributed by atoms with Gasteiger partial charge in [-0.3, -0.25) is 4.40 Å². The minimum absolute atomic E-state index is 0.148. The molecule has 0 amide bonds. The van der Waals surface area contributed by atoms with Crippen LogP contribution in [0.5, 0.6) is 0 Å². The van der Waals surface area contributed by atoms with Crippen LogP contribution in [0.15, 0.2) is 18.3 Å². The van der Waals surface area contributed by atoms with Gasteiger partial charge in [-0.1, -0.05) is 0 Å². The number of rotatable bonds is 3. The zero-order valence-electron chi connectivity index (χ0n) is 11.2. The van der Waals surface area contributed by atoms with Gasteiger partial charge in [0.05, 0.1) is 11.5 Å². The Kier molecular flexibility index (Phi) is 3.47. The summed E-state index contributed by atoms with van der Waals surface area (Å²) in [5, 5.41) is 8.33. The Labute approximate surface area is 117 Å². The maximum Gasteiger partial charge on any atom is 0.161 e. The van der Waals surface area contributed by atoms with Gasteiger partial charge in [-0.25, -0.2) is 8.42 Å². The molecule has 3 rings (SSSR count). The van der Waals surface area contributed by atoms with Crippen molar-refractivity contribution in [3.8, 4) is 0 Å². The number of nitrogens with zero attached hydrogens (tertiary/aromatic N) is 3. The molecule has 1 fully saturated rings. The van der Waals surface area contributed by atoms with Crippen LogP contribution in [0.1, 0.15) is 24.2 Å². The standard InChI is InChI=1S/C13H18N4O2S/c14-8-10-3-4-17-12(6-10)15-16-13(17)7-11-2-1-5-20(18,19)9-11/h3-4,6,11H,1-2,5,7-9,14H2. The van der Waals surface area contributed by atoms with Gasteiger partial charge in [-0.05, 0) is 36.5 Å². The lowest BCUT2D eigenvalue weighted by atomic mass is 10.0. The van der Waals surface area contributed by atoms with Crippen molar-refractivity contribution in [1.29, 1.82) is 0 Å². The fraction of sp³-hybridized carbons (Fsp3) is 0.538. The monoisotopic (exact) mass is 294 g/mol. The van der Waals surface area contributed by atoms with Gasteiger partial charge in [0.15, 0.2) is 15.5 Å². The Hall–Kier alpha value is -1.47. The number of pyridine rings is 1. The molecule has 1 aliphatic heterocycles. The second-order valence-corrected chi connectivity index (χ2v) is 7.64. The number of sulfone groups is 1. The largest absolute Gasteiger partial charge is 0.326 e. The third kappa shape index (κ3) is 2.69. The molecule has 1 atom stereocenters. The van der Waals surface area contributed by atoms with Crippen molar-refractivity contribution in [3.63, 3.8) is 0 Å². The summed E-state index contributed by atoms with van der Waals surface area (Å²) in [5.74, 6) is 1.56. The predicted octanol–water partition coefficient (Wildman–Crippen LogP) is 0.555. The third-order valence-electron chi connectivity index (χ3n) is 3.81. The van der Waals surface area contributed by atoms with Crippen LogP contribution in [0.3, 0.4) is 0 Å². The van der Waals surface area contributed by atoms with E-state index in [1.807, 2.05) is 22.7 Å². The third-order valence-corrected chi connectivity index (χ3v) is 5.70. The molecule has 2 N–H and O–H groups in total. The SMILES string of the molecule is NCc1ccn2c(CC3CCCS(=O)(=O)C3)nnc2c1. The molecule has 20 heavy (non-hydrogen) atoms. The lowest BCUT2D eigenvalue weighted by Crippen LogP contribution is -2.27. The highest BCUT2D eigenvalue weighted by Gasteiger charge is 2.26. The summed E-state index contributed by atoms with van der Waals surface area (Å²) < 4.78 is 25.3. The second-order valence-electron chi connectivity index (χ2n) is 5.41. The lowest BCUT2D eigenvalue weighted by Gasteiger charge is -2.20. The van der Waals surface area contributed by atoms with Gasteiger partial charge < -0.3 is 5.73 Å². The highest BCUT2D eigenvalue weighted by Crippen LogP contribution is 2.22. The van der Waals surface area contributed by atoms with Gasteiger partial charge in [0.1, 0.15) is 5.82 Å². The van der Waals surface area contributed by atoms with Crippen molar-refractivity contribution in [3.05, 3.63) is 29.7 Å². The summed E-state index contributed by atoms with van der Waals surface area (Å²) >= 11 is 0.